The predicted octanol–water partition coefficient (Wildman–Crippen LogP) is 2.15. The van der Waals surface area contributed by atoms with Gasteiger partial charge in [0.2, 0.25) is 0 Å². The van der Waals surface area contributed by atoms with Crippen molar-refractivity contribution in [2.45, 2.75) is 13.3 Å². The molecule has 19 heavy (non-hydrogen) atoms. The number of hydrogen-bond acceptors (Lipinski definition) is 4. The van der Waals surface area contributed by atoms with Gasteiger partial charge in [0.25, 0.3) is 0 Å². The van der Waals surface area contributed by atoms with Gasteiger partial charge < -0.3 is 19.7 Å². The standard InChI is InChI=1S/C15H26N2O2/c1-4-19-13-7-10-16-11-12-17(2)14-8-5-6-9-15(14)18-3/h5-6,8-9,16H,4,7,10-13H2,1-3H3. The number of hydrogen-bond donors (Lipinski definition) is 1. The summed E-state index contributed by atoms with van der Waals surface area (Å²) in [6.45, 7) is 6.58. The molecule has 0 aliphatic carbocycles. The number of nitrogens with one attached hydrogen (secondary N) is 1. The summed E-state index contributed by atoms with van der Waals surface area (Å²) in [5.41, 5.74) is 1.13. The fourth-order valence-corrected chi connectivity index (χ4v) is 1.88. The van der Waals surface area contributed by atoms with E-state index in [2.05, 4.69) is 23.3 Å². The van der Waals surface area contributed by atoms with Crippen LogP contribution in [0.5, 0.6) is 5.75 Å². The van der Waals surface area contributed by atoms with E-state index in [1.54, 1.807) is 7.11 Å². The molecule has 0 heterocycles. The van der Waals surface area contributed by atoms with E-state index in [-0.39, 0.29) is 0 Å². The van der Waals surface area contributed by atoms with Gasteiger partial charge in [-0.25, -0.2) is 0 Å². The van der Waals surface area contributed by atoms with Crippen LogP contribution in [0.4, 0.5) is 5.69 Å². The van der Waals surface area contributed by atoms with Crippen LogP contribution in [0.15, 0.2) is 24.3 Å². The topological polar surface area (TPSA) is 33.7 Å². The molecule has 4 nitrogen and oxygen atoms in total. The smallest absolute Gasteiger partial charge is 0.142 e. The van der Waals surface area contributed by atoms with Gasteiger partial charge in [0, 0.05) is 33.4 Å². The highest BCUT2D eigenvalue weighted by Gasteiger charge is 2.06. The minimum absolute atomic E-state index is 0.802. The van der Waals surface area contributed by atoms with Gasteiger partial charge in [-0.05, 0) is 32.0 Å². The van der Waals surface area contributed by atoms with Crippen molar-refractivity contribution in [1.29, 1.82) is 0 Å². The number of benzene rings is 1. The Balaban J connectivity index is 2.22. The van der Waals surface area contributed by atoms with Gasteiger partial charge in [-0.3, -0.25) is 0 Å². The van der Waals surface area contributed by atoms with Crippen molar-refractivity contribution in [1.82, 2.24) is 5.32 Å². The highest BCUT2D eigenvalue weighted by Crippen LogP contribution is 2.25. The third-order valence-electron chi connectivity index (χ3n) is 2.97. The Morgan fingerprint density at radius 1 is 1.21 bits per heavy atom. The Morgan fingerprint density at radius 2 is 2.00 bits per heavy atom. The number of rotatable bonds is 10. The second kappa shape index (κ2) is 9.64. The van der Waals surface area contributed by atoms with Gasteiger partial charge >= 0.3 is 0 Å². The number of nitrogens with zero attached hydrogens (tertiary/aromatic N) is 1. The lowest BCUT2D eigenvalue weighted by molar-refractivity contribution is 0.145. The van der Waals surface area contributed by atoms with Crippen LogP contribution in [0.1, 0.15) is 13.3 Å². The Kier molecular flexibility index (Phi) is 8.02. The summed E-state index contributed by atoms with van der Waals surface area (Å²) >= 11 is 0. The van der Waals surface area contributed by atoms with Gasteiger partial charge in [-0.2, -0.15) is 0 Å². The fraction of sp³-hybridized carbons (Fsp3) is 0.600. The van der Waals surface area contributed by atoms with Crippen LogP contribution in [0.25, 0.3) is 0 Å². The summed E-state index contributed by atoms with van der Waals surface area (Å²) in [6.07, 6.45) is 1.06. The Hall–Kier alpha value is -1.26. The van der Waals surface area contributed by atoms with E-state index in [4.69, 9.17) is 9.47 Å². The molecule has 4 heteroatoms. The normalized spacial score (nSPS) is 10.5. The molecule has 1 aromatic rings. The van der Waals surface area contributed by atoms with E-state index in [9.17, 15) is 0 Å². The van der Waals surface area contributed by atoms with E-state index in [1.165, 1.54) is 0 Å². The number of para-hydroxylation sites is 2. The van der Waals surface area contributed by atoms with Crippen LogP contribution in [0.2, 0.25) is 0 Å². The Morgan fingerprint density at radius 3 is 2.74 bits per heavy atom. The SMILES string of the molecule is CCOCCCNCCN(C)c1ccccc1OC. The summed E-state index contributed by atoms with van der Waals surface area (Å²) in [7, 11) is 3.79. The van der Waals surface area contributed by atoms with Crippen LogP contribution >= 0.6 is 0 Å². The van der Waals surface area contributed by atoms with E-state index in [0.717, 1.165) is 50.7 Å². The summed E-state index contributed by atoms with van der Waals surface area (Å²) < 4.78 is 10.7. The van der Waals surface area contributed by atoms with Gasteiger partial charge in [-0.1, -0.05) is 12.1 Å². The number of methoxy groups -OCH3 is 1. The molecule has 0 bridgehead atoms. The molecule has 108 valence electrons. The first-order valence-electron chi connectivity index (χ1n) is 6.92. The zero-order valence-electron chi connectivity index (χ0n) is 12.3. The maximum atomic E-state index is 5.36. The third-order valence-corrected chi connectivity index (χ3v) is 2.97. The molecular weight excluding hydrogens is 240 g/mol. The van der Waals surface area contributed by atoms with Gasteiger partial charge in [0.1, 0.15) is 5.75 Å². The molecule has 0 saturated heterocycles. The van der Waals surface area contributed by atoms with Gasteiger partial charge in [0.15, 0.2) is 0 Å². The van der Waals surface area contributed by atoms with Crippen molar-refractivity contribution >= 4 is 5.69 Å². The Bertz CT molecular complexity index is 345. The van der Waals surface area contributed by atoms with Gasteiger partial charge in [-0.15, -0.1) is 0 Å². The zero-order chi connectivity index (χ0) is 13.9. The highest BCUT2D eigenvalue weighted by atomic mass is 16.5. The molecule has 0 aromatic heterocycles. The first-order chi connectivity index (χ1) is 9.29. The quantitative estimate of drug-likeness (QED) is 0.658. The van der Waals surface area contributed by atoms with Crippen LogP contribution in [-0.4, -0.2) is 47.0 Å². The van der Waals surface area contributed by atoms with Crippen molar-refractivity contribution in [3.63, 3.8) is 0 Å². The molecule has 0 unspecified atom stereocenters. The monoisotopic (exact) mass is 266 g/mol. The van der Waals surface area contributed by atoms with Crippen molar-refractivity contribution < 1.29 is 9.47 Å². The molecule has 1 aromatic carbocycles. The van der Waals surface area contributed by atoms with Crippen LogP contribution in [0.3, 0.4) is 0 Å². The molecule has 0 saturated carbocycles. The molecule has 0 fully saturated rings. The average molecular weight is 266 g/mol. The molecule has 0 spiro atoms. The predicted molar refractivity (Wildman–Crippen MR) is 80.2 cm³/mol. The summed E-state index contributed by atoms with van der Waals surface area (Å²) in [6, 6.07) is 8.08. The lowest BCUT2D eigenvalue weighted by Crippen LogP contribution is -2.30. The van der Waals surface area contributed by atoms with Crippen molar-refractivity contribution in [3.8, 4) is 5.75 Å². The maximum Gasteiger partial charge on any atom is 0.142 e. The average Bonchev–Trinajstić information content (AvgIpc) is 2.46. The molecule has 1 rings (SSSR count). The zero-order valence-corrected chi connectivity index (χ0v) is 12.3. The lowest BCUT2D eigenvalue weighted by atomic mass is 10.2. The van der Waals surface area contributed by atoms with Crippen LogP contribution in [-0.2, 0) is 4.74 Å². The third kappa shape index (κ3) is 5.94. The summed E-state index contributed by atoms with van der Waals surface area (Å²) in [4.78, 5) is 2.20. The fourth-order valence-electron chi connectivity index (χ4n) is 1.88. The maximum absolute atomic E-state index is 5.36. The second-order valence-corrected chi connectivity index (χ2v) is 4.39. The van der Waals surface area contributed by atoms with Crippen LogP contribution < -0.4 is 15.0 Å². The van der Waals surface area contributed by atoms with Gasteiger partial charge in [0.05, 0.1) is 12.8 Å². The molecule has 1 N–H and O–H groups in total. The van der Waals surface area contributed by atoms with Crippen molar-refractivity contribution in [2.75, 3.05) is 51.9 Å². The van der Waals surface area contributed by atoms with Crippen LogP contribution in [0, 0.1) is 0 Å². The van der Waals surface area contributed by atoms with E-state index < -0.39 is 0 Å². The molecular formula is C15H26N2O2. The molecule has 0 radical (unpaired) electrons. The number of ether oxygens (including phenoxy) is 2. The number of likely N-dealkylation sites (N-methyl/N-ethyl adjacent to an activating group) is 1. The lowest BCUT2D eigenvalue weighted by Gasteiger charge is -2.21. The molecule has 0 aliphatic rings. The van der Waals surface area contributed by atoms with E-state index >= 15 is 0 Å². The largest absolute Gasteiger partial charge is 0.495 e. The first kappa shape index (κ1) is 15.8. The van der Waals surface area contributed by atoms with Crippen molar-refractivity contribution in [2.24, 2.45) is 0 Å². The van der Waals surface area contributed by atoms with E-state index in [0.29, 0.717) is 0 Å². The minimum Gasteiger partial charge on any atom is -0.495 e. The molecule has 0 atom stereocenters. The molecule has 0 amide bonds. The Labute approximate surface area is 116 Å². The van der Waals surface area contributed by atoms with Crippen molar-refractivity contribution in [3.05, 3.63) is 24.3 Å². The molecule has 0 aliphatic heterocycles. The summed E-state index contributed by atoms with van der Waals surface area (Å²) in [5, 5.41) is 3.42. The minimum atomic E-state index is 0.802. The number of anilines is 1. The second-order valence-electron chi connectivity index (χ2n) is 4.39. The van der Waals surface area contributed by atoms with E-state index in [1.807, 2.05) is 25.1 Å². The summed E-state index contributed by atoms with van der Waals surface area (Å²) in [5.74, 6) is 0.918. The first-order valence-corrected chi connectivity index (χ1v) is 6.92. The highest BCUT2D eigenvalue weighted by molar-refractivity contribution is 5.57.